The fourth-order valence-corrected chi connectivity index (χ4v) is 1.04. The molecule has 10 heavy (non-hydrogen) atoms. The van der Waals surface area contributed by atoms with Crippen LogP contribution in [0, 0.1) is 5.41 Å². The van der Waals surface area contributed by atoms with E-state index in [-0.39, 0.29) is 11.0 Å². The van der Waals surface area contributed by atoms with Crippen LogP contribution in [0.15, 0.2) is 0 Å². The van der Waals surface area contributed by atoms with Crippen LogP contribution in [0.5, 0.6) is 0 Å². The van der Waals surface area contributed by atoms with Crippen molar-refractivity contribution in [1.82, 2.24) is 5.43 Å². The maximum Gasteiger partial charge on any atom is 0.0834 e. The highest BCUT2D eigenvalue weighted by Crippen LogP contribution is 2.35. The molecular formula is C7H16N2O. The number of nitrogens with two attached hydrogens (primary N) is 1. The number of rotatable bonds is 1. The van der Waals surface area contributed by atoms with Crippen LogP contribution in [-0.4, -0.2) is 18.8 Å². The van der Waals surface area contributed by atoms with Crippen LogP contribution in [-0.2, 0) is 4.74 Å². The van der Waals surface area contributed by atoms with E-state index in [0.717, 1.165) is 13.2 Å². The van der Waals surface area contributed by atoms with Crippen molar-refractivity contribution in [3.8, 4) is 0 Å². The van der Waals surface area contributed by atoms with Gasteiger partial charge in [0.05, 0.1) is 18.8 Å². The summed E-state index contributed by atoms with van der Waals surface area (Å²) in [4.78, 5) is 0. The third-order valence-electron chi connectivity index (χ3n) is 2.41. The first-order chi connectivity index (χ1) is 4.52. The van der Waals surface area contributed by atoms with Gasteiger partial charge in [0, 0.05) is 0 Å². The molecule has 1 aliphatic heterocycles. The smallest absolute Gasteiger partial charge is 0.0834 e. The van der Waals surface area contributed by atoms with Crippen molar-refractivity contribution in [2.24, 2.45) is 11.3 Å². The molecule has 0 amide bonds. The molecule has 0 aliphatic carbocycles. The van der Waals surface area contributed by atoms with E-state index in [9.17, 15) is 0 Å². The summed E-state index contributed by atoms with van der Waals surface area (Å²) >= 11 is 0. The second kappa shape index (κ2) is 2.19. The second-order valence-electron chi connectivity index (χ2n) is 3.97. The Morgan fingerprint density at radius 3 is 1.90 bits per heavy atom. The molecule has 3 heteroatoms. The molecule has 0 spiro atoms. The van der Waals surface area contributed by atoms with E-state index in [1.165, 1.54) is 0 Å². The highest BCUT2D eigenvalue weighted by molar-refractivity contribution is 5.01. The van der Waals surface area contributed by atoms with Gasteiger partial charge >= 0.3 is 0 Å². The Bertz CT molecular complexity index is 119. The van der Waals surface area contributed by atoms with Gasteiger partial charge < -0.3 is 4.74 Å². The average molecular weight is 144 g/mol. The molecule has 0 radical (unpaired) electrons. The van der Waals surface area contributed by atoms with Crippen molar-refractivity contribution in [3.05, 3.63) is 0 Å². The van der Waals surface area contributed by atoms with Gasteiger partial charge in [0.1, 0.15) is 0 Å². The molecule has 1 saturated heterocycles. The molecule has 0 unspecified atom stereocenters. The summed E-state index contributed by atoms with van der Waals surface area (Å²) in [5.74, 6) is 5.42. The molecule has 3 N–H and O–H groups in total. The van der Waals surface area contributed by atoms with Crippen LogP contribution < -0.4 is 11.3 Å². The number of hydrogen-bond donors (Lipinski definition) is 2. The molecule has 0 aromatic carbocycles. The van der Waals surface area contributed by atoms with E-state index in [2.05, 4.69) is 26.2 Å². The third kappa shape index (κ3) is 0.944. The summed E-state index contributed by atoms with van der Waals surface area (Å²) in [5.41, 5.74) is 3.02. The fourth-order valence-electron chi connectivity index (χ4n) is 1.04. The van der Waals surface area contributed by atoms with Gasteiger partial charge in [-0.1, -0.05) is 20.8 Å². The van der Waals surface area contributed by atoms with E-state index in [1.54, 1.807) is 0 Å². The summed E-state index contributed by atoms with van der Waals surface area (Å²) in [6.07, 6.45) is 0. The van der Waals surface area contributed by atoms with E-state index in [1.807, 2.05) is 0 Å². The zero-order valence-corrected chi connectivity index (χ0v) is 6.90. The largest absolute Gasteiger partial charge is 0.377 e. The minimum absolute atomic E-state index is 0.00694. The Hall–Kier alpha value is -0.120. The molecule has 0 bridgehead atoms. The maximum atomic E-state index is 5.42. The molecule has 0 aromatic rings. The number of hydrazine groups is 1. The lowest BCUT2D eigenvalue weighted by atomic mass is 9.72. The monoisotopic (exact) mass is 144 g/mol. The lowest BCUT2D eigenvalue weighted by Crippen LogP contribution is -2.69. The summed E-state index contributed by atoms with van der Waals surface area (Å²) in [6, 6.07) is 0. The Balaban J connectivity index is 2.65. The highest BCUT2D eigenvalue weighted by atomic mass is 16.5. The summed E-state index contributed by atoms with van der Waals surface area (Å²) in [6.45, 7) is 7.94. The topological polar surface area (TPSA) is 47.3 Å². The minimum Gasteiger partial charge on any atom is -0.377 e. The maximum absolute atomic E-state index is 5.42. The second-order valence-corrected chi connectivity index (χ2v) is 3.97. The highest BCUT2D eigenvalue weighted by Gasteiger charge is 2.47. The van der Waals surface area contributed by atoms with E-state index >= 15 is 0 Å². The summed E-state index contributed by atoms with van der Waals surface area (Å²) in [5, 5.41) is 0. The number of ether oxygens (including phenoxy) is 1. The van der Waals surface area contributed by atoms with Crippen LogP contribution in [0.2, 0.25) is 0 Å². The fraction of sp³-hybridized carbons (Fsp3) is 1.00. The number of nitrogens with one attached hydrogen (secondary N) is 1. The average Bonchev–Trinajstić information content (AvgIpc) is 1.58. The quantitative estimate of drug-likeness (QED) is 0.410. The van der Waals surface area contributed by atoms with Gasteiger partial charge in [0.25, 0.3) is 0 Å². The molecule has 1 heterocycles. The Kier molecular flexibility index (Phi) is 1.75. The standard InChI is InChI=1S/C7H16N2O/c1-6(2,3)7(9-8)4-10-5-7/h9H,4-5,8H2,1-3H3. The van der Waals surface area contributed by atoms with Gasteiger partial charge in [0.2, 0.25) is 0 Å². The molecule has 1 fully saturated rings. The first-order valence-corrected chi connectivity index (χ1v) is 3.57. The van der Waals surface area contributed by atoms with Gasteiger partial charge in [-0.25, -0.2) is 5.43 Å². The van der Waals surface area contributed by atoms with Crippen molar-refractivity contribution < 1.29 is 4.74 Å². The van der Waals surface area contributed by atoms with Crippen molar-refractivity contribution in [3.63, 3.8) is 0 Å². The van der Waals surface area contributed by atoms with E-state index in [0.29, 0.717) is 0 Å². The predicted octanol–water partition coefficient (Wildman–Crippen LogP) is 0.265. The minimum atomic E-state index is 0.00694. The first kappa shape index (κ1) is 7.98. The van der Waals surface area contributed by atoms with Crippen LogP contribution in [0.3, 0.4) is 0 Å². The van der Waals surface area contributed by atoms with Crippen LogP contribution in [0.25, 0.3) is 0 Å². The number of hydrogen-bond acceptors (Lipinski definition) is 3. The molecule has 3 nitrogen and oxygen atoms in total. The molecular weight excluding hydrogens is 128 g/mol. The molecule has 1 rings (SSSR count). The van der Waals surface area contributed by atoms with Crippen LogP contribution in [0.4, 0.5) is 0 Å². The lowest BCUT2D eigenvalue weighted by Gasteiger charge is -2.50. The van der Waals surface area contributed by atoms with Crippen molar-refractivity contribution in [2.75, 3.05) is 13.2 Å². The molecule has 0 aromatic heterocycles. The summed E-state index contributed by atoms with van der Waals surface area (Å²) < 4.78 is 5.11. The van der Waals surface area contributed by atoms with Gasteiger partial charge in [-0.3, -0.25) is 5.84 Å². The Morgan fingerprint density at radius 2 is 1.90 bits per heavy atom. The Morgan fingerprint density at radius 1 is 1.40 bits per heavy atom. The SMILES string of the molecule is CC(C)(C)C1(NN)COC1. The molecule has 60 valence electrons. The normalized spacial score (nSPS) is 24.0. The van der Waals surface area contributed by atoms with Crippen LogP contribution in [0.1, 0.15) is 20.8 Å². The van der Waals surface area contributed by atoms with Crippen molar-refractivity contribution in [2.45, 2.75) is 26.3 Å². The summed E-state index contributed by atoms with van der Waals surface area (Å²) in [7, 11) is 0. The van der Waals surface area contributed by atoms with Gasteiger partial charge in [0.15, 0.2) is 0 Å². The van der Waals surface area contributed by atoms with Crippen molar-refractivity contribution >= 4 is 0 Å². The molecule has 1 aliphatic rings. The van der Waals surface area contributed by atoms with E-state index < -0.39 is 0 Å². The van der Waals surface area contributed by atoms with Crippen molar-refractivity contribution in [1.29, 1.82) is 0 Å². The lowest BCUT2D eigenvalue weighted by molar-refractivity contribution is -0.127. The van der Waals surface area contributed by atoms with Crippen LogP contribution >= 0.6 is 0 Å². The first-order valence-electron chi connectivity index (χ1n) is 3.57. The third-order valence-corrected chi connectivity index (χ3v) is 2.41. The Labute approximate surface area is 61.9 Å². The predicted molar refractivity (Wildman–Crippen MR) is 40.3 cm³/mol. The molecule has 0 atom stereocenters. The van der Waals surface area contributed by atoms with Gasteiger partial charge in [-0.05, 0) is 5.41 Å². The zero-order valence-electron chi connectivity index (χ0n) is 6.90. The van der Waals surface area contributed by atoms with E-state index in [4.69, 9.17) is 10.6 Å². The van der Waals surface area contributed by atoms with Gasteiger partial charge in [-0.15, -0.1) is 0 Å². The molecule has 0 saturated carbocycles. The van der Waals surface area contributed by atoms with Gasteiger partial charge in [-0.2, -0.15) is 0 Å². The zero-order chi connectivity index (χ0) is 7.83.